The molecule has 11 nitrogen and oxygen atoms in total. The largest absolute Gasteiger partial charge is 0.427 e. The molecule has 4 heterocycles. The summed E-state index contributed by atoms with van der Waals surface area (Å²) in [4.78, 5) is 35.9. The molecule has 1 amide bonds. The van der Waals surface area contributed by atoms with E-state index < -0.39 is 24.0 Å². The smallest absolute Gasteiger partial charge is 0.365 e. The van der Waals surface area contributed by atoms with E-state index >= 15 is 0 Å². The summed E-state index contributed by atoms with van der Waals surface area (Å²) in [5, 5.41) is 6.26. The molecule has 6 rings (SSSR count). The average Bonchev–Trinajstić information content (AvgIpc) is 3.66. The van der Waals surface area contributed by atoms with E-state index in [9.17, 15) is 18.0 Å². The predicted molar refractivity (Wildman–Crippen MR) is 164 cm³/mol. The van der Waals surface area contributed by atoms with Crippen LogP contribution in [0, 0.1) is 17.8 Å². The number of fused-ring (bicyclic) bond motifs is 1. The van der Waals surface area contributed by atoms with Gasteiger partial charge >= 0.3 is 12.3 Å². The standard InChI is InChI=1S/C31H42F3N9O2/c1-18(2)14-42-13-12-21(16-42)15-41(4)29-38-26-24(43(29)17-20-8-10-23(11-9-20)31(32,33)34)25(35-19(3)22-6-5-7-22)36-27(37-26)28-39-30(44)45-40-28/h8-11,18-19,21-22,28,40H,5-7,12-17H2,1-4H3,(H,39,44)(H,35,36,37)/t19-,21?,28?/m1/s1. The van der Waals surface area contributed by atoms with Gasteiger partial charge in [-0.3, -0.25) is 5.32 Å². The topological polar surface area (TPSA) is 112 Å². The second-order valence-corrected chi connectivity index (χ2v) is 13.2. The van der Waals surface area contributed by atoms with Gasteiger partial charge in [-0.05, 0) is 68.2 Å². The number of nitrogens with zero attached hydrogens (tertiary/aromatic N) is 6. The highest BCUT2D eigenvalue weighted by Crippen LogP contribution is 2.35. The molecule has 0 spiro atoms. The highest BCUT2D eigenvalue weighted by Gasteiger charge is 2.33. The van der Waals surface area contributed by atoms with Crippen molar-refractivity contribution >= 4 is 29.0 Å². The molecule has 3 aliphatic rings. The van der Waals surface area contributed by atoms with Crippen LogP contribution in [0.2, 0.25) is 0 Å². The van der Waals surface area contributed by atoms with E-state index in [2.05, 4.69) is 46.7 Å². The normalized spacial score (nSPS) is 21.6. The third-order valence-electron chi connectivity index (χ3n) is 9.10. The number of amides is 1. The number of hydroxylamine groups is 1. The Hall–Kier alpha value is -3.65. The summed E-state index contributed by atoms with van der Waals surface area (Å²) in [6, 6.07) is 5.36. The second kappa shape index (κ2) is 12.6. The minimum absolute atomic E-state index is 0.119. The third kappa shape index (κ3) is 6.96. The Bertz CT molecular complexity index is 1510. The van der Waals surface area contributed by atoms with Gasteiger partial charge in [0.25, 0.3) is 0 Å². The SMILES string of the molecule is CC(C)CN1CCC(CN(C)c2nc3nc(C4NOC(=O)N4)nc(N[C@H](C)C4CCC4)c3n2Cc2ccc(C(F)(F)F)cc2)C1. The van der Waals surface area contributed by atoms with Crippen LogP contribution < -0.4 is 21.0 Å². The van der Waals surface area contributed by atoms with Gasteiger partial charge in [0.2, 0.25) is 5.95 Å². The van der Waals surface area contributed by atoms with Crippen molar-refractivity contribution < 1.29 is 22.8 Å². The van der Waals surface area contributed by atoms with Gasteiger partial charge in [0, 0.05) is 32.7 Å². The van der Waals surface area contributed by atoms with Gasteiger partial charge in [0.05, 0.1) is 12.1 Å². The molecule has 2 aliphatic heterocycles. The first-order valence-electron chi connectivity index (χ1n) is 15.8. The number of carbonyl (C=O) groups excluding carboxylic acids is 1. The number of aromatic nitrogens is 4. The van der Waals surface area contributed by atoms with E-state index in [1.54, 1.807) is 0 Å². The maximum Gasteiger partial charge on any atom is 0.427 e. The Balaban J connectivity index is 1.39. The summed E-state index contributed by atoms with van der Waals surface area (Å²) >= 11 is 0. The molecule has 0 bridgehead atoms. The van der Waals surface area contributed by atoms with Gasteiger partial charge in [-0.1, -0.05) is 32.4 Å². The van der Waals surface area contributed by atoms with Crippen LogP contribution in [0.5, 0.6) is 0 Å². The molecule has 1 aromatic carbocycles. The predicted octanol–water partition coefficient (Wildman–Crippen LogP) is 5.15. The van der Waals surface area contributed by atoms with Crippen LogP contribution in [0.4, 0.5) is 29.7 Å². The summed E-state index contributed by atoms with van der Waals surface area (Å²) in [6.07, 6.45) is -1.28. The van der Waals surface area contributed by atoms with E-state index in [0.717, 1.165) is 57.6 Å². The van der Waals surface area contributed by atoms with E-state index in [4.69, 9.17) is 19.8 Å². The lowest BCUT2D eigenvalue weighted by Crippen LogP contribution is -2.32. The van der Waals surface area contributed by atoms with Crippen LogP contribution in [-0.2, 0) is 17.6 Å². The molecule has 45 heavy (non-hydrogen) atoms. The Morgan fingerprint density at radius 1 is 1.11 bits per heavy atom. The second-order valence-electron chi connectivity index (χ2n) is 13.2. The van der Waals surface area contributed by atoms with Crippen LogP contribution in [-0.4, -0.2) is 69.8 Å². The zero-order chi connectivity index (χ0) is 31.9. The average molecular weight is 630 g/mol. The summed E-state index contributed by atoms with van der Waals surface area (Å²) in [6.45, 7) is 10.8. The molecular weight excluding hydrogens is 587 g/mol. The number of halogens is 3. The van der Waals surface area contributed by atoms with Crippen LogP contribution in [0.1, 0.15) is 69.6 Å². The fourth-order valence-electron chi connectivity index (χ4n) is 6.59. The van der Waals surface area contributed by atoms with Crippen molar-refractivity contribution in [2.45, 2.75) is 71.4 Å². The summed E-state index contributed by atoms with van der Waals surface area (Å²) in [5.74, 6) is 3.04. The number of hydrogen-bond acceptors (Lipinski definition) is 9. The number of rotatable bonds is 11. The van der Waals surface area contributed by atoms with Gasteiger partial charge in [-0.2, -0.15) is 18.2 Å². The van der Waals surface area contributed by atoms with E-state index in [-0.39, 0.29) is 12.6 Å². The molecule has 1 saturated carbocycles. The van der Waals surface area contributed by atoms with E-state index in [0.29, 0.717) is 52.1 Å². The highest BCUT2D eigenvalue weighted by molar-refractivity contribution is 5.86. The molecule has 2 unspecified atom stereocenters. The summed E-state index contributed by atoms with van der Waals surface area (Å²) in [7, 11) is 2.00. The monoisotopic (exact) mass is 629 g/mol. The number of anilines is 2. The fourth-order valence-corrected chi connectivity index (χ4v) is 6.59. The Labute approximate surface area is 260 Å². The number of hydrogen-bond donors (Lipinski definition) is 3. The molecule has 3 N–H and O–H groups in total. The first-order valence-corrected chi connectivity index (χ1v) is 15.8. The first kappa shape index (κ1) is 31.3. The molecule has 2 aromatic heterocycles. The van der Waals surface area contributed by atoms with E-state index in [1.807, 2.05) is 11.6 Å². The first-order chi connectivity index (χ1) is 21.4. The van der Waals surface area contributed by atoms with Gasteiger partial charge in [-0.25, -0.2) is 14.8 Å². The van der Waals surface area contributed by atoms with Crippen molar-refractivity contribution in [1.82, 2.24) is 35.2 Å². The minimum Gasteiger partial charge on any atom is -0.365 e. The Morgan fingerprint density at radius 2 is 1.87 bits per heavy atom. The van der Waals surface area contributed by atoms with E-state index in [1.165, 1.54) is 18.6 Å². The Kier molecular flexibility index (Phi) is 8.79. The minimum atomic E-state index is -4.41. The molecule has 3 fully saturated rings. The molecule has 3 aromatic rings. The van der Waals surface area contributed by atoms with Gasteiger partial charge in [-0.15, -0.1) is 5.48 Å². The number of carbonyl (C=O) groups is 1. The summed E-state index contributed by atoms with van der Waals surface area (Å²) < 4.78 is 42.0. The highest BCUT2D eigenvalue weighted by atomic mass is 19.4. The fraction of sp³-hybridized carbons (Fsp3) is 0.613. The maximum absolute atomic E-state index is 13.3. The number of nitrogens with one attached hydrogen (secondary N) is 3. The van der Waals surface area contributed by atoms with Crippen molar-refractivity contribution in [1.29, 1.82) is 0 Å². The summed E-state index contributed by atoms with van der Waals surface area (Å²) in [5.41, 5.74) is 3.71. The molecule has 3 atom stereocenters. The van der Waals surface area contributed by atoms with Gasteiger partial charge < -0.3 is 24.5 Å². The van der Waals surface area contributed by atoms with Crippen molar-refractivity contribution in [2.24, 2.45) is 17.8 Å². The molecule has 14 heteroatoms. The molecule has 1 aliphatic carbocycles. The lowest BCUT2D eigenvalue weighted by molar-refractivity contribution is -0.137. The molecule has 244 valence electrons. The van der Waals surface area contributed by atoms with Crippen molar-refractivity contribution in [2.75, 3.05) is 43.4 Å². The Morgan fingerprint density at radius 3 is 2.49 bits per heavy atom. The zero-order valence-electron chi connectivity index (χ0n) is 26.2. The number of benzene rings is 1. The van der Waals surface area contributed by atoms with Crippen LogP contribution >= 0.6 is 0 Å². The molecule has 2 saturated heterocycles. The van der Waals surface area contributed by atoms with Crippen LogP contribution in [0.25, 0.3) is 11.2 Å². The number of imidazole rings is 1. The zero-order valence-corrected chi connectivity index (χ0v) is 26.2. The third-order valence-corrected chi connectivity index (χ3v) is 9.10. The van der Waals surface area contributed by atoms with Crippen molar-refractivity contribution in [3.05, 3.63) is 41.2 Å². The maximum atomic E-state index is 13.3. The lowest BCUT2D eigenvalue weighted by Gasteiger charge is -2.32. The number of likely N-dealkylation sites (tertiary alicyclic amines) is 1. The van der Waals surface area contributed by atoms with Crippen LogP contribution in [0.15, 0.2) is 24.3 Å². The number of alkyl halides is 3. The van der Waals surface area contributed by atoms with Gasteiger partial charge in [0.15, 0.2) is 23.5 Å². The lowest BCUT2D eigenvalue weighted by atomic mass is 9.80. The van der Waals surface area contributed by atoms with Crippen molar-refractivity contribution in [3.63, 3.8) is 0 Å². The van der Waals surface area contributed by atoms with Crippen molar-refractivity contribution in [3.8, 4) is 0 Å². The molecular formula is C31H42F3N9O2. The molecule has 0 radical (unpaired) electrons. The quantitative estimate of drug-likeness (QED) is 0.265. The van der Waals surface area contributed by atoms with Gasteiger partial charge in [0.1, 0.15) is 5.52 Å². The van der Waals surface area contributed by atoms with Crippen LogP contribution in [0.3, 0.4) is 0 Å².